The highest BCUT2D eigenvalue weighted by Crippen LogP contribution is 2.86. The molecule has 0 amide bonds. The van der Waals surface area contributed by atoms with Crippen molar-refractivity contribution in [2.75, 3.05) is 7.11 Å². The Morgan fingerprint density at radius 1 is 1.07 bits per heavy atom. The molecule has 9 unspecified atom stereocenters. The van der Waals surface area contributed by atoms with Gasteiger partial charge in [0.05, 0.1) is 11.7 Å². The molecule has 162 valence electrons. The fourth-order valence-corrected chi connectivity index (χ4v) is 10.0. The molecule has 30 heavy (non-hydrogen) atoms. The molecule has 1 spiro atoms. The van der Waals surface area contributed by atoms with Crippen molar-refractivity contribution < 1.29 is 14.9 Å². The first-order chi connectivity index (χ1) is 14.3. The summed E-state index contributed by atoms with van der Waals surface area (Å²) in [6.07, 6.45) is 10.0. The van der Waals surface area contributed by atoms with E-state index < -0.39 is 11.7 Å². The minimum Gasteiger partial charge on any atom is -0.512 e. The predicted molar refractivity (Wildman–Crippen MR) is 117 cm³/mol. The molecule has 0 heterocycles. The number of fused-ring (bicyclic) bond motifs is 2. The molecule has 5 aliphatic rings. The van der Waals surface area contributed by atoms with Gasteiger partial charge < -0.3 is 14.9 Å². The van der Waals surface area contributed by atoms with Crippen molar-refractivity contribution in [3.8, 4) is 0 Å². The molecule has 0 aliphatic heterocycles. The number of methoxy groups -OCH3 is 1. The van der Waals surface area contributed by atoms with Gasteiger partial charge in [-0.05, 0) is 85.2 Å². The van der Waals surface area contributed by atoms with Gasteiger partial charge in [0.25, 0.3) is 0 Å². The largest absolute Gasteiger partial charge is 0.512 e. The van der Waals surface area contributed by atoms with Gasteiger partial charge >= 0.3 is 0 Å². The smallest absolute Gasteiger partial charge is 0.110 e. The fourth-order valence-electron chi connectivity index (χ4n) is 10.0. The second-order valence-electron chi connectivity index (χ2n) is 11.7. The van der Waals surface area contributed by atoms with Gasteiger partial charge in [0.2, 0.25) is 0 Å². The molecule has 6 rings (SSSR count). The lowest BCUT2D eigenvalue weighted by atomic mass is 9.48. The number of hydrogen-bond donors (Lipinski definition) is 2. The molecule has 4 fully saturated rings. The number of aliphatic hydroxyl groups is 2. The zero-order valence-electron chi connectivity index (χ0n) is 18.6. The van der Waals surface area contributed by atoms with E-state index in [2.05, 4.69) is 44.2 Å². The summed E-state index contributed by atoms with van der Waals surface area (Å²) in [7, 11) is 1.68. The highest BCUT2D eigenvalue weighted by Gasteiger charge is 2.86. The summed E-state index contributed by atoms with van der Waals surface area (Å²) in [5, 5.41) is 23.2. The fraction of sp³-hybridized carbons (Fsp3) is 0.704. The quantitative estimate of drug-likeness (QED) is 0.714. The van der Waals surface area contributed by atoms with Crippen LogP contribution in [-0.4, -0.2) is 29.0 Å². The Hall–Kier alpha value is -1.32. The van der Waals surface area contributed by atoms with Crippen LogP contribution in [0.1, 0.15) is 57.9 Å². The van der Waals surface area contributed by atoms with Crippen molar-refractivity contribution >= 4 is 0 Å². The maximum absolute atomic E-state index is 12.2. The van der Waals surface area contributed by atoms with Crippen LogP contribution < -0.4 is 0 Å². The third-order valence-electron chi connectivity index (χ3n) is 11.2. The van der Waals surface area contributed by atoms with Gasteiger partial charge in [-0.2, -0.15) is 0 Å². The standard InChI is InChI=1S/C27H36O3/c1-24-16-19-10-12-26(11-9-18(15-26)13-17-7-5-4-6-8-17)25(24,2)22(19)23-20(28)14-21(30-3)27(23,24)29/h4-8,14,18-19,21-23,28-29H,9-13,15-16H2,1-3H3. The van der Waals surface area contributed by atoms with Crippen molar-refractivity contribution in [3.05, 3.63) is 47.7 Å². The lowest BCUT2D eigenvalue weighted by Crippen LogP contribution is -2.59. The number of ether oxygens (including phenoxy) is 1. The number of aliphatic hydroxyl groups excluding tert-OH is 1. The predicted octanol–water partition coefficient (Wildman–Crippen LogP) is 5.29. The molecule has 0 saturated heterocycles. The summed E-state index contributed by atoms with van der Waals surface area (Å²) in [6, 6.07) is 10.9. The minimum atomic E-state index is -0.976. The van der Waals surface area contributed by atoms with Crippen LogP contribution in [0.25, 0.3) is 0 Å². The molecule has 0 radical (unpaired) electrons. The Kier molecular flexibility index (Phi) is 3.82. The van der Waals surface area contributed by atoms with E-state index >= 15 is 0 Å². The van der Waals surface area contributed by atoms with Crippen LogP contribution in [0.3, 0.4) is 0 Å². The summed E-state index contributed by atoms with van der Waals surface area (Å²) in [5.74, 6) is 1.95. The average Bonchev–Trinajstić information content (AvgIpc) is 3.35. The molecule has 4 saturated carbocycles. The van der Waals surface area contributed by atoms with Crippen LogP contribution in [0.2, 0.25) is 0 Å². The monoisotopic (exact) mass is 408 g/mol. The van der Waals surface area contributed by atoms with Crippen molar-refractivity contribution in [3.63, 3.8) is 0 Å². The number of hydrogen-bond acceptors (Lipinski definition) is 3. The summed E-state index contributed by atoms with van der Waals surface area (Å²) < 4.78 is 5.77. The molecule has 3 heteroatoms. The van der Waals surface area contributed by atoms with Crippen LogP contribution in [0.5, 0.6) is 0 Å². The molecular weight excluding hydrogens is 372 g/mol. The maximum atomic E-state index is 12.2. The lowest BCUT2D eigenvalue weighted by Gasteiger charge is -2.56. The molecule has 4 bridgehead atoms. The highest BCUT2D eigenvalue weighted by molar-refractivity contribution is 5.40. The molecule has 1 aromatic carbocycles. The van der Waals surface area contributed by atoms with Crippen LogP contribution in [0.15, 0.2) is 42.2 Å². The normalized spacial score (nSPS) is 53.3. The van der Waals surface area contributed by atoms with Crippen molar-refractivity contribution in [1.29, 1.82) is 0 Å². The van der Waals surface area contributed by atoms with E-state index in [1.165, 1.54) is 44.1 Å². The third-order valence-corrected chi connectivity index (χ3v) is 11.2. The van der Waals surface area contributed by atoms with Gasteiger partial charge in [0.1, 0.15) is 11.7 Å². The molecule has 0 aromatic heterocycles. The van der Waals surface area contributed by atoms with E-state index in [0.717, 1.165) is 12.3 Å². The molecule has 3 nitrogen and oxygen atoms in total. The summed E-state index contributed by atoms with van der Waals surface area (Å²) in [5.41, 5.74) is 0.579. The van der Waals surface area contributed by atoms with Crippen LogP contribution in [0, 0.1) is 39.9 Å². The Balaban J connectivity index is 1.40. The Morgan fingerprint density at radius 3 is 2.53 bits per heavy atom. The second kappa shape index (κ2) is 5.92. The number of benzene rings is 1. The minimum absolute atomic E-state index is 0.0484. The highest BCUT2D eigenvalue weighted by atomic mass is 16.5. The summed E-state index contributed by atoms with van der Waals surface area (Å²) >= 11 is 0. The van der Waals surface area contributed by atoms with Gasteiger partial charge in [-0.1, -0.05) is 44.2 Å². The molecular formula is C27H36O3. The van der Waals surface area contributed by atoms with Gasteiger partial charge in [-0.3, -0.25) is 0 Å². The third kappa shape index (κ3) is 1.92. The number of rotatable bonds is 3. The zero-order valence-corrected chi connectivity index (χ0v) is 18.6. The summed E-state index contributed by atoms with van der Waals surface area (Å²) in [4.78, 5) is 0. The van der Waals surface area contributed by atoms with Crippen molar-refractivity contribution in [1.82, 2.24) is 0 Å². The van der Waals surface area contributed by atoms with Crippen LogP contribution in [0.4, 0.5) is 0 Å². The first kappa shape index (κ1) is 19.4. The average molecular weight is 409 g/mol. The SMILES string of the molecule is COC1C=C(O)C2C3C4CCC5(CCC(Cc6ccccc6)C5)C3(C)C(C)(C4)C12O. The van der Waals surface area contributed by atoms with E-state index in [1.54, 1.807) is 13.2 Å². The Labute approximate surface area is 180 Å². The molecule has 2 N–H and O–H groups in total. The van der Waals surface area contributed by atoms with Crippen LogP contribution in [-0.2, 0) is 11.2 Å². The maximum Gasteiger partial charge on any atom is 0.110 e. The zero-order chi connectivity index (χ0) is 20.9. The lowest BCUT2D eigenvalue weighted by molar-refractivity contribution is -0.181. The van der Waals surface area contributed by atoms with Crippen molar-refractivity contribution in [2.45, 2.75) is 70.5 Å². The second-order valence-corrected chi connectivity index (χ2v) is 11.7. The van der Waals surface area contributed by atoms with Gasteiger partial charge in [-0.25, -0.2) is 0 Å². The first-order valence-corrected chi connectivity index (χ1v) is 12.0. The van der Waals surface area contributed by atoms with E-state index in [-0.39, 0.29) is 22.2 Å². The van der Waals surface area contributed by atoms with E-state index in [9.17, 15) is 10.2 Å². The first-order valence-electron chi connectivity index (χ1n) is 12.0. The molecule has 5 aliphatic carbocycles. The van der Waals surface area contributed by atoms with E-state index in [1.807, 2.05) is 0 Å². The molecule has 9 atom stereocenters. The van der Waals surface area contributed by atoms with Crippen molar-refractivity contribution in [2.24, 2.45) is 39.9 Å². The topological polar surface area (TPSA) is 49.7 Å². The molecule has 1 aromatic rings. The van der Waals surface area contributed by atoms with Gasteiger partial charge in [-0.15, -0.1) is 0 Å². The Bertz CT molecular complexity index is 895. The summed E-state index contributed by atoms with van der Waals surface area (Å²) in [6.45, 7) is 4.84. The Morgan fingerprint density at radius 2 is 1.80 bits per heavy atom. The van der Waals surface area contributed by atoms with Gasteiger partial charge in [0, 0.05) is 12.5 Å². The van der Waals surface area contributed by atoms with E-state index in [4.69, 9.17) is 4.74 Å². The van der Waals surface area contributed by atoms with E-state index in [0.29, 0.717) is 17.6 Å². The van der Waals surface area contributed by atoms with Crippen LogP contribution >= 0.6 is 0 Å². The van der Waals surface area contributed by atoms with Gasteiger partial charge in [0.15, 0.2) is 0 Å².